The largest absolute Gasteiger partial charge is 0.348 e. The molecule has 0 atom stereocenters. The zero-order chi connectivity index (χ0) is 15.9. The maximum absolute atomic E-state index is 12.1. The molecule has 0 fully saturated rings. The van der Waals surface area contributed by atoms with Crippen LogP contribution in [0.25, 0.3) is 0 Å². The van der Waals surface area contributed by atoms with Crippen molar-refractivity contribution in [3.05, 3.63) is 71.3 Å². The SMILES string of the molecule is Cc1ccccc1CC(=O)NC(=S)N(C)Cc1ccccc1. The molecule has 22 heavy (non-hydrogen) atoms. The van der Waals surface area contributed by atoms with Gasteiger partial charge in [-0.05, 0) is 35.8 Å². The lowest BCUT2D eigenvalue weighted by molar-refractivity contribution is -0.119. The second-order valence-electron chi connectivity index (χ2n) is 5.30. The topological polar surface area (TPSA) is 32.3 Å². The highest BCUT2D eigenvalue weighted by atomic mass is 32.1. The zero-order valence-corrected chi connectivity index (χ0v) is 13.7. The first kappa shape index (κ1) is 16.2. The minimum atomic E-state index is -0.0841. The van der Waals surface area contributed by atoms with E-state index in [0.29, 0.717) is 18.1 Å². The Morgan fingerprint density at radius 3 is 2.41 bits per heavy atom. The van der Waals surface area contributed by atoms with Crippen molar-refractivity contribution in [3.8, 4) is 0 Å². The fourth-order valence-electron chi connectivity index (χ4n) is 2.17. The average molecular weight is 312 g/mol. The second kappa shape index (κ2) is 7.71. The number of benzene rings is 2. The summed E-state index contributed by atoms with van der Waals surface area (Å²) in [4.78, 5) is 14.0. The highest BCUT2D eigenvalue weighted by Crippen LogP contribution is 2.08. The summed E-state index contributed by atoms with van der Waals surface area (Å²) in [6, 6.07) is 17.9. The molecule has 0 saturated carbocycles. The van der Waals surface area contributed by atoms with Gasteiger partial charge in [-0.2, -0.15) is 0 Å². The van der Waals surface area contributed by atoms with Crippen LogP contribution in [0.5, 0.6) is 0 Å². The van der Waals surface area contributed by atoms with Gasteiger partial charge in [0.05, 0.1) is 6.42 Å². The number of nitrogens with zero attached hydrogens (tertiary/aromatic N) is 1. The van der Waals surface area contributed by atoms with Gasteiger partial charge < -0.3 is 10.2 Å². The van der Waals surface area contributed by atoms with Gasteiger partial charge >= 0.3 is 0 Å². The van der Waals surface area contributed by atoms with Gasteiger partial charge in [0.1, 0.15) is 0 Å². The Kier molecular flexibility index (Phi) is 5.67. The molecule has 0 aromatic heterocycles. The lowest BCUT2D eigenvalue weighted by Crippen LogP contribution is -2.40. The van der Waals surface area contributed by atoms with Crippen LogP contribution in [0, 0.1) is 6.92 Å². The van der Waals surface area contributed by atoms with E-state index in [-0.39, 0.29) is 5.91 Å². The van der Waals surface area contributed by atoms with E-state index in [2.05, 4.69) is 5.32 Å². The van der Waals surface area contributed by atoms with Crippen LogP contribution in [0.2, 0.25) is 0 Å². The summed E-state index contributed by atoms with van der Waals surface area (Å²) >= 11 is 5.30. The van der Waals surface area contributed by atoms with Crippen molar-refractivity contribution in [3.63, 3.8) is 0 Å². The third-order valence-electron chi connectivity index (χ3n) is 3.47. The number of amides is 1. The quantitative estimate of drug-likeness (QED) is 0.881. The van der Waals surface area contributed by atoms with Gasteiger partial charge in [0, 0.05) is 13.6 Å². The Balaban J connectivity index is 1.88. The second-order valence-corrected chi connectivity index (χ2v) is 5.68. The third kappa shape index (κ3) is 4.67. The smallest absolute Gasteiger partial charge is 0.230 e. The standard InChI is InChI=1S/C18H20N2OS/c1-14-8-6-7-11-16(14)12-17(21)19-18(22)20(2)13-15-9-4-3-5-10-15/h3-11H,12-13H2,1-2H3,(H,19,21,22). The molecule has 0 aliphatic carbocycles. The van der Waals surface area contributed by atoms with E-state index < -0.39 is 0 Å². The van der Waals surface area contributed by atoms with E-state index >= 15 is 0 Å². The number of carbonyl (C=O) groups excluding carboxylic acids is 1. The van der Waals surface area contributed by atoms with Gasteiger partial charge in [-0.25, -0.2) is 0 Å². The Bertz CT molecular complexity index is 655. The molecule has 0 heterocycles. The van der Waals surface area contributed by atoms with Crippen molar-refractivity contribution in [2.24, 2.45) is 0 Å². The summed E-state index contributed by atoms with van der Waals surface area (Å²) in [6.07, 6.45) is 0.339. The zero-order valence-electron chi connectivity index (χ0n) is 12.9. The summed E-state index contributed by atoms with van der Waals surface area (Å²) in [5, 5.41) is 3.24. The number of nitrogens with one attached hydrogen (secondary N) is 1. The molecule has 4 heteroatoms. The van der Waals surface area contributed by atoms with Crippen molar-refractivity contribution < 1.29 is 4.79 Å². The van der Waals surface area contributed by atoms with Gasteiger partial charge in [0.2, 0.25) is 5.91 Å². The van der Waals surface area contributed by atoms with E-state index in [9.17, 15) is 4.79 Å². The lowest BCUT2D eigenvalue weighted by Gasteiger charge is -2.20. The molecule has 1 N–H and O–H groups in total. The fourth-order valence-corrected chi connectivity index (χ4v) is 2.35. The number of aryl methyl sites for hydroxylation is 1. The van der Waals surface area contributed by atoms with Gasteiger partial charge in [0.15, 0.2) is 5.11 Å². The molecular formula is C18H20N2OS. The Labute approximate surface area is 137 Å². The first-order valence-electron chi connectivity index (χ1n) is 7.19. The van der Waals surface area contributed by atoms with Crippen molar-refractivity contribution in [1.29, 1.82) is 0 Å². The molecule has 3 nitrogen and oxygen atoms in total. The highest BCUT2D eigenvalue weighted by molar-refractivity contribution is 7.80. The van der Waals surface area contributed by atoms with Crippen molar-refractivity contribution in [1.82, 2.24) is 10.2 Å². The normalized spacial score (nSPS) is 10.1. The number of hydrogen-bond donors (Lipinski definition) is 1. The molecule has 0 unspecified atom stereocenters. The molecule has 2 rings (SSSR count). The van der Waals surface area contributed by atoms with Crippen molar-refractivity contribution in [2.75, 3.05) is 7.05 Å². The van der Waals surface area contributed by atoms with Gasteiger partial charge in [0.25, 0.3) is 0 Å². The van der Waals surface area contributed by atoms with Crippen LogP contribution in [-0.2, 0) is 17.8 Å². The third-order valence-corrected chi connectivity index (χ3v) is 3.88. The number of carbonyl (C=O) groups is 1. The highest BCUT2D eigenvalue weighted by Gasteiger charge is 2.10. The first-order valence-corrected chi connectivity index (χ1v) is 7.60. The minimum Gasteiger partial charge on any atom is -0.348 e. The number of hydrogen-bond acceptors (Lipinski definition) is 2. The summed E-state index contributed by atoms with van der Waals surface area (Å²) in [7, 11) is 1.88. The Morgan fingerprint density at radius 1 is 1.09 bits per heavy atom. The predicted octanol–water partition coefficient (Wildman–Crippen LogP) is 3.07. The summed E-state index contributed by atoms with van der Waals surface area (Å²) in [6.45, 7) is 2.67. The van der Waals surface area contributed by atoms with Crippen molar-refractivity contribution >= 4 is 23.2 Å². The van der Waals surface area contributed by atoms with Gasteiger partial charge in [-0.15, -0.1) is 0 Å². The van der Waals surface area contributed by atoms with E-state index in [1.165, 1.54) is 0 Å². The van der Waals surface area contributed by atoms with Gasteiger partial charge in [-0.3, -0.25) is 4.79 Å². The summed E-state index contributed by atoms with van der Waals surface area (Å²) in [5.41, 5.74) is 3.29. The van der Waals surface area contributed by atoms with Crippen LogP contribution in [-0.4, -0.2) is 23.0 Å². The van der Waals surface area contributed by atoms with Crippen LogP contribution >= 0.6 is 12.2 Å². The number of rotatable bonds is 4. The van der Waals surface area contributed by atoms with Crippen LogP contribution in [0.4, 0.5) is 0 Å². The van der Waals surface area contributed by atoms with Crippen LogP contribution in [0.3, 0.4) is 0 Å². The first-order chi connectivity index (χ1) is 10.6. The number of thiocarbonyl (C=S) groups is 1. The minimum absolute atomic E-state index is 0.0841. The molecule has 1 amide bonds. The van der Waals surface area contributed by atoms with Crippen LogP contribution in [0.1, 0.15) is 16.7 Å². The molecule has 0 radical (unpaired) electrons. The molecule has 0 spiro atoms. The Morgan fingerprint density at radius 2 is 1.73 bits per heavy atom. The summed E-state index contributed by atoms with van der Waals surface area (Å²) < 4.78 is 0. The summed E-state index contributed by atoms with van der Waals surface area (Å²) in [5.74, 6) is -0.0841. The van der Waals surface area contributed by atoms with Crippen LogP contribution < -0.4 is 5.32 Å². The van der Waals surface area contributed by atoms with E-state index in [4.69, 9.17) is 12.2 Å². The molecular weight excluding hydrogens is 292 g/mol. The average Bonchev–Trinajstić information content (AvgIpc) is 2.50. The lowest BCUT2D eigenvalue weighted by atomic mass is 10.1. The monoisotopic (exact) mass is 312 g/mol. The molecule has 0 bridgehead atoms. The molecule has 0 aliphatic rings. The van der Waals surface area contributed by atoms with E-state index in [1.807, 2.05) is 73.5 Å². The molecule has 114 valence electrons. The molecule has 2 aromatic carbocycles. The fraction of sp³-hybridized carbons (Fsp3) is 0.222. The molecule has 0 saturated heterocycles. The maximum atomic E-state index is 12.1. The van der Waals surface area contributed by atoms with E-state index in [0.717, 1.165) is 16.7 Å². The molecule has 2 aromatic rings. The maximum Gasteiger partial charge on any atom is 0.230 e. The predicted molar refractivity (Wildman–Crippen MR) is 93.5 cm³/mol. The van der Waals surface area contributed by atoms with Crippen molar-refractivity contribution in [2.45, 2.75) is 19.9 Å². The van der Waals surface area contributed by atoms with E-state index in [1.54, 1.807) is 0 Å². The van der Waals surface area contributed by atoms with Crippen LogP contribution in [0.15, 0.2) is 54.6 Å². The Hall–Kier alpha value is -2.20. The molecule has 0 aliphatic heterocycles. The van der Waals surface area contributed by atoms with Gasteiger partial charge in [-0.1, -0.05) is 54.6 Å².